The molecule has 4 aromatic rings. The molecule has 2 aromatic heterocycles. The maximum Gasteiger partial charge on any atom is 0.304 e. The van der Waals surface area contributed by atoms with Crippen LogP contribution in [0.3, 0.4) is 0 Å². The number of benzene rings is 2. The predicted octanol–water partition coefficient (Wildman–Crippen LogP) is 6.24. The van der Waals surface area contributed by atoms with Crippen LogP contribution < -0.4 is 9.46 Å². The lowest BCUT2D eigenvalue weighted by atomic mass is 9.94. The first-order valence-electron chi connectivity index (χ1n) is 14.1. The lowest BCUT2D eigenvalue weighted by molar-refractivity contribution is 0.0243. The number of aryl methyl sites for hydroxylation is 2. The number of fused-ring (bicyclic) bond motifs is 2. The van der Waals surface area contributed by atoms with Gasteiger partial charge in [-0.3, -0.25) is 4.79 Å². The molecule has 10 heteroatoms. The normalized spacial score (nSPS) is 15.5. The van der Waals surface area contributed by atoms with Gasteiger partial charge in [0.05, 0.1) is 33.1 Å². The van der Waals surface area contributed by atoms with Crippen molar-refractivity contribution in [3.63, 3.8) is 0 Å². The van der Waals surface area contributed by atoms with Crippen LogP contribution in [0.15, 0.2) is 42.5 Å². The van der Waals surface area contributed by atoms with Crippen molar-refractivity contribution in [1.29, 1.82) is 0 Å². The van der Waals surface area contributed by atoms with Crippen molar-refractivity contribution in [3.8, 4) is 16.3 Å². The second kappa shape index (κ2) is 12.1. The van der Waals surface area contributed by atoms with Crippen LogP contribution in [0.2, 0.25) is 0 Å². The van der Waals surface area contributed by atoms with Crippen molar-refractivity contribution < 1.29 is 22.7 Å². The second-order valence-electron chi connectivity index (χ2n) is 10.5. The molecule has 0 bridgehead atoms. The van der Waals surface area contributed by atoms with E-state index in [-0.39, 0.29) is 24.8 Å². The molecule has 5 rings (SSSR count). The van der Waals surface area contributed by atoms with Crippen molar-refractivity contribution >= 4 is 48.4 Å². The molecule has 1 aliphatic rings. The molecular formula is C31H37N3O5S2. The first-order chi connectivity index (χ1) is 19.6. The third-order valence-electron chi connectivity index (χ3n) is 7.95. The van der Waals surface area contributed by atoms with E-state index in [0.29, 0.717) is 41.5 Å². The molecular weight excluding hydrogens is 558 g/mol. The molecule has 1 saturated heterocycles. The fourth-order valence-electron chi connectivity index (χ4n) is 5.54. The summed E-state index contributed by atoms with van der Waals surface area (Å²) in [5.41, 5.74) is 3.39. The van der Waals surface area contributed by atoms with Gasteiger partial charge in [0, 0.05) is 31.0 Å². The average molecular weight is 596 g/mol. The lowest BCUT2D eigenvalue weighted by Crippen LogP contribution is -2.43. The van der Waals surface area contributed by atoms with Crippen LogP contribution in [0.25, 0.3) is 31.6 Å². The number of aromatic nitrogens is 1. The molecule has 8 nitrogen and oxygen atoms in total. The summed E-state index contributed by atoms with van der Waals surface area (Å²) in [6.45, 7) is 11.4. The number of rotatable bonds is 9. The molecule has 0 unspecified atom stereocenters. The van der Waals surface area contributed by atoms with Gasteiger partial charge in [0.25, 0.3) is 5.91 Å². The third kappa shape index (κ3) is 5.83. The van der Waals surface area contributed by atoms with Crippen LogP contribution in [-0.2, 0) is 14.9 Å². The van der Waals surface area contributed by atoms with E-state index in [4.69, 9.17) is 14.5 Å². The number of pyridine rings is 1. The molecule has 2 aromatic carbocycles. The second-order valence-corrected chi connectivity index (χ2v) is 13.2. The van der Waals surface area contributed by atoms with Gasteiger partial charge >= 0.3 is 10.2 Å². The highest BCUT2D eigenvalue weighted by molar-refractivity contribution is 7.87. The van der Waals surface area contributed by atoms with E-state index >= 15 is 0 Å². The minimum atomic E-state index is -4.05. The van der Waals surface area contributed by atoms with Gasteiger partial charge in [0.15, 0.2) is 0 Å². The summed E-state index contributed by atoms with van der Waals surface area (Å²) in [5, 5.41) is 1.64. The number of amides is 1. The molecule has 1 N–H and O–H groups in total. The van der Waals surface area contributed by atoms with Gasteiger partial charge in [-0.25, -0.2) is 9.71 Å². The van der Waals surface area contributed by atoms with Gasteiger partial charge in [0.2, 0.25) is 0 Å². The summed E-state index contributed by atoms with van der Waals surface area (Å²) in [5.74, 6) is 0.120. The predicted molar refractivity (Wildman–Crippen MR) is 165 cm³/mol. The van der Waals surface area contributed by atoms with E-state index in [1.165, 1.54) is 4.31 Å². The molecule has 1 atom stereocenters. The van der Waals surface area contributed by atoms with Gasteiger partial charge < -0.3 is 9.47 Å². The van der Waals surface area contributed by atoms with Crippen molar-refractivity contribution in [2.75, 3.05) is 26.3 Å². The molecule has 0 saturated carbocycles. The van der Waals surface area contributed by atoms with E-state index < -0.39 is 16.1 Å². The molecule has 0 aliphatic carbocycles. The topological polar surface area (TPSA) is 97.8 Å². The number of nitrogens with zero attached hydrogens (tertiary/aromatic N) is 2. The fraction of sp³-hybridized carbons (Fsp3) is 0.419. The fourth-order valence-corrected chi connectivity index (χ4v) is 7.86. The van der Waals surface area contributed by atoms with Crippen LogP contribution >= 0.6 is 11.3 Å². The van der Waals surface area contributed by atoms with Crippen molar-refractivity contribution in [1.82, 2.24) is 14.0 Å². The van der Waals surface area contributed by atoms with Crippen LogP contribution in [-0.4, -0.2) is 56.0 Å². The molecule has 3 heterocycles. The Balaban J connectivity index is 1.68. The van der Waals surface area contributed by atoms with Gasteiger partial charge in [-0.15, -0.1) is 11.3 Å². The minimum absolute atomic E-state index is 0.121. The summed E-state index contributed by atoms with van der Waals surface area (Å²) >= 11 is 1.61. The smallest absolute Gasteiger partial charge is 0.304 e. The van der Waals surface area contributed by atoms with E-state index in [9.17, 15) is 13.2 Å². The van der Waals surface area contributed by atoms with Crippen LogP contribution in [0.4, 0.5) is 0 Å². The Morgan fingerprint density at radius 1 is 1.15 bits per heavy atom. The van der Waals surface area contributed by atoms with E-state index in [0.717, 1.165) is 38.9 Å². The highest BCUT2D eigenvalue weighted by Crippen LogP contribution is 2.40. The Morgan fingerprint density at radius 3 is 2.54 bits per heavy atom. The zero-order valence-electron chi connectivity index (χ0n) is 24.2. The average Bonchev–Trinajstić information content (AvgIpc) is 3.31. The third-order valence-corrected chi connectivity index (χ3v) is 10.9. The van der Waals surface area contributed by atoms with Crippen molar-refractivity contribution in [3.05, 3.63) is 59.2 Å². The monoisotopic (exact) mass is 595 g/mol. The van der Waals surface area contributed by atoms with Gasteiger partial charge in [-0.05, 0) is 74.2 Å². The Bertz CT molecular complexity index is 1690. The highest BCUT2D eigenvalue weighted by atomic mass is 32.2. The number of hydrogen-bond donors (Lipinski definition) is 1. The summed E-state index contributed by atoms with van der Waals surface area (Å²) < 4.78 is 42.9. The molecule has 218 valence electrons. The minimum Gasteiger partial charge on any atom is -0.490 e. The maximum atomic E-state index is 13.9. The molecule has 1 fully saturated rings. The largest absolute Gasteiger partial charge is 0.490 e. The van der Waals surface area contributed by atoms with E-state index in [1.807, 2.05) is 45.0 Å². The Kier molecular flexibility index (Phi) is 8.65. The quantitative estimate of drug-likeness (QED) is 0.246. The Hall–Kier alpha value is -3.05. The molecule has 1 aliphatic heterocycles. The SMILES string of the molecule is CCN(CC)S(=O)(=O)NC(=O)c1cc(-c2sc3ccccc3c2C)nc2c(C)ccc(O[C@H](C)C3CCOCC3)c12. The standard InChI is InChI=1S/C31H37N3O5S2/c1-6-34(7-2)41(36,37)33-31(35)24-18-25(30-20(4)23-10-8-9-11-27(23)40-30)32-29-19(3)12-13-26(28(24)29)39-21(5)22-14-16-38-17-15-22/h8-13,18,21-22H,6-7,14-17H2,1-5H3,(H,33,35)/t21-/m1/s1. The number of hydrogen-bond acceptors (Lipinski definition) is 7. The van der Waals surface area contributed by atoms with Crippen molar-refractivity contribution in [2.24, 2.45) is 5.92 Å². The number of ether oxygens (including phenoxy) is 2. The first kappa shape index (κ1) is 29.4. The van der Waals surface area contributed by atoms with Crippen LogP contribution in [0, 0.1) is 19.8 Å². The Labute approximate surface area is 245 Å². The molecule has 1 amide bonds. The maximum absolute atomic E-state index is 13.9. The van der Waals surface area contributed by atoms with Crippen LogP contribution in [0.5, 0.6) is 5.75 Å². The number of nitrogens with one attached hydrogen (secondary N) is 1. The summed E-state index contributed by atoms with van der Waals surface area (Å²) in [6.07, 6.45) is 1.67. The number of carbonyl (C=O) groups is 1. The number of thiophene rings is 1. The van der Waals surface area contributed by atoms with Crippen LogP contribution in [0.1, 0.15) is 55.1 Å². The molecule has 41 heavy (non-hydrogen) atoms. The molecule has 0 spiro atoms. The highest BCUT2D eigenvalue weighted by Gasteiger charge is 2.28. The van der Waals surface area contributed by atoms with Gasteiger partial charge in [-0.2, -0.15) is 12.7 Å². The zero-order chi connectivity index (χ0) is 29.3. The van der Waals surface area contributed by atoms with Gasteiger partial charge in [-0.1, -0.05) is 38.1 Å². The number of carbonyl (C=O) groups excluding carboxylic acids is 1. The first-order valence-corrected chi connectivity index (χ1v) is 16.4. The van der Waals surface area contributed by atoms with E-state index in [1.54, 1.807) is 31.3 Å². The Morgan fingerprint density at radius 2 is 1.85 bits per heavy atom. The van der Waals surface area contributed by atoms with Crippen molar-refractivity contribution in [2.45, 2.75) is 53.6 Å². The zero-order valence-corrected chi connectivity index (χ0v) is 25.8. The summed E-state index contributed by atoms with van der Waals surface area (Å²) in [4.78, 5) is 19.9. The molecule has 0 radical (unpaired) electrons. The van der Waals surface area contributed by atoms with E-state index in [2.05, 4.69) is 16.9 Å². The lowest BCUT2D eigenvalue weighted by Gasteiger charge is -2.29. The summed E-state index contributed by atoms with van der Waals surface area (Å²) in [7, 11) is -4.05. The summed E-state index contributed by atoms with van der Waals surface area (Å²) in [6, 6.07) is 13.6. The van der Waals surface area contributed by atoms with Gasteiger partial charge in [0.1, 0.15) is 5.75 Å².